The van der Waals surface area contributed by atoms with Gasteiger partial charge in [-0.1, -0.05) is 60.3 Å². The van der Waals surface area contributed by atoms with Crippen molar-refractivity contribution in [3.8, 4) is 5.69 Å². The SMILES string of the molecule is O=C(CSc1nc(C2CC2)n(-c2ccccc2)n1)NC(c1ccccc1)C1CC1. The van der Waals surface area contributed by atoms with Crippen molar-refractivity contribution in [2.45, 2.75) is 42.8 Å². The molecule has 1 unspecified atom stereocenters. The van der Waals surface area contributed by atoms with E-state index in [2.05, 4.69) is 22.5 Å². The van der Waals surface area contributed by atoms with Gasteiger partial charge in [0.25, 0.3) is 0 Å². The Bertz CT molecular complexity index is 981. The van der Waals surface area contributed by atoms with E-state index in [1.807, 2.05) is 53.2 Å². The summed E-state index contributed by atoms with van der Waals surface area (Å²) in [4.78, 5) is 17.4. The smallest absolute Gasteiger partial charge is 0.230 e. The first-order valence-electron chi connectivity index (χ1n) is 10.3. The number of nitrogens with zero attached hydrogens (tertiary/aromatic N) is 3. The number of amides is 1. The molecule has 1 amide bonds. The van der Waals surface area contributed by atoms with E-state index in [4.69, 9.17) is 4.98 Å². The molecule has 0 saturated heterocycles. The average Bonchev–Trinajstić information content (AvgIpc) is 3.70. The van der Waals surface area contributed by atoms with E-state index in [0.717, 1.165) is 24.4 Å². The third-order valence-corrected chi connectivity index (χ3v) is 6.29. The van der Waals surface area contributed by atoms with Crippen molar-refractivity contribution in [2.75, 3.05) is 5.75 Å². The lowest BCUT2D eigenvalue weighted by Crippen LogP contribution is -2.31. The van der Waals surface area contributed by atoms with E-state index in [9.17, 15) is 4.79 Å². The summed E-state index contributed by atoms with van der Waals surface area (Å²) in [5, 5.41) is 8.59. The molecule has 2 aliphatic rings. The summed E-state index contributed by atoms with van der Waals surface area (Å²) in [5.74, 6) is 2.43. The Hall–Kier alpha value is -2.60. The molecule has 5 nitrogen and oxygen atoms in total. The van der Waals surface area contributed by atoms with Gasteiger partial charge >= 0.3 is 0 Å². The van der Waals surface area contributed by atoms with Crippen LogP contribution in [-0.4, -0.2) is 26.4 Å². The second-order valence-corrected chi connectivity index (χ2v) is 8.80. The van der Waals surface area contributed by atoms with Crippen molar-refractivity contribution in [2.24, 2.45) is 5.92 Å². The summed E-state index contributed by atoms with van der Waals surface area (Å²) < 4.78 is 1.94. The van der Waals surface area contributed by atoms with Gasteiger partial charge in [-0.05, 0) is 49.3 Å². The zero-order valence-electron chi connectivity index (χ0n) is 16.2. The molecule has 2 fully saturated rings. The van der Waals surface area contributed by atoms with Gasteiger partial charge in [-0.3, -0.25) is 4.79 Å². The lowest BCUT2D eigenvalue weighted by Gasteiger charge is -2.18. The fourth-order valence-corrected chi connectivity index (χ4v) is 4.28. The van der Waals surface area contributed by atoms with Crippen molar-refractivity contribution in [1.82, 2.24) is 20.1 Å². The third kappa shape index (κ3) is 4.37. The highest BCUT2D eigenvalue weighted by atomic mass is 32.2. The largest absolute Gasteiger partial charge is 0.348 e. The number of para-hydroxylation sites is 1. The van der Waals surface area contributed by atoms with Gasteiger partial charge in [-0.2, -0.15) is 0 Å². The molecule has 3 aromatic rings. The molecule has 1 N–H and O–H groups in total. The molecule has 6 heteroatoms. The molecule has 0 spiro atoms. The van der Waals surface area contributed by atoms with Gasteiger partial charge in [0.1, 0.15) is 5.82 Å². The highest BCUT2D eigenvalue weighted by Crippen LogP contribution is 2.41. The Kier molecular flexibility index (Phi) is 5.10. The lowest BCUT2D eigenvalue weighted by atomic mass is 10.0. The van der Waals surface area contributed by atoms with Crippen LogP contribution in [0.15, 0.2) is 65.8 Å². The van der Waals surface area contributed by atoms with Crippen LogP contribution < -0.4 is 5.32 Å². The lowest BCUT2D eigenvalue weighted by molar-refractivity contribution is -0.119. The fourth-order valence-electron chi connectivity index (χ4n) is 3.64. The molecule has 2 saturated carbocycles. The van der Waals surface area contributed by atoms with Gasteiger partial charge in [-0.25, -0.2) is 9.67 Å². The summed E-state index contributed by atoms with van der Waals surface area (Å²) in [7, 11) is 0. The minimum absolute atomic E-state index is 0.0415. The van der Waals surface area contributed by atoms with E-state index in [-0.39, 0.29) is 11.9 Å². The molecule has 2 aromatic carbocycles. The minimum Gasteiger partial charge on any atom is -0.348 e. The number of thioether (sulfide) groups is 1. The number of rotatable bonds is 8. The zero-order chi connectivity index (χ0) is 19.6. The fraction of sp³-hybridized carbons (Fsp3) is 0.348. The summed E-state index contributed by atoms with van der Waals surface area (Å²) >= 11 is 1.42. The van der Waals surface area contributed by atoms with Crippen LogP contribution in [0.3, 0.4) is 0 Å². The molecule has 148 valence electrons. The second-order valence-electron chi connectivity index (χ2n) is 7.86. The molecular formula is C23H24N4OS. The first kappa shape index (κ1) is 18.4. The van der Waals surface area contributed by atoms with Crippen molar-refractivity contribution >= 4 is 17.7 Å². The molecule has 0 bridgehead atoms. The van der Waals surface area contributed by atoms with Crippen LogP contribution in [0.2, 0.25) is 0 Å². The van der Waals surface area contributed by atoms with E-state index < -0.39 is 0 Å². The van der Waals surface area contributed by atoms with Gasteiger partial charge in [0.2, 0.25) is 11.1 Å². The standard InChI is InChI=1S/C23H24N4OS/c28-20(24-21(17-11-12-17)16-7-3-1-4-8-16)15-29-23-25-22(18-13-14-18)27(26-23)19-9-5-2-6-10-19/h1-10,17-18,21H,11-15H2,(H,24,28). The number of carbonyl (C=O) groups excluding carboxylic acids is 1. The van der Waals surface area contributed by atoms with Crippen molar-refractivity contribution in [3.05, 3.63) is 72.1 Å². The summed E-state index contributed by atoms with van der Waals surface area (Å²) in [5.41, 5.74) is 2.21. The Labute approximate surface area is 174 Å². The molecule has 0 aliphatic heterocycles. The predicted octanol–water partition coefficient (Wildman–Crippen LogP) is 4.50. The van der Waals surface area contributed by atoms with Crippen LogP contribution in [0.4, 0.5) is 0 Å². The maximum atomic E-state index is 12.6. The van der Waals surface area contributed by atoms with Crippen LogP contribution in [-0.2, 0) is 4.79 Å². The van der Waals surface area contributed by atoms with Crippen LogP contribution in [0, 0.1) is 5.92 Å². The molecule has 1 heterocycles. The van der Waals surface area contributed by atoms with Gasteiger partial charge < -0.3 is 5.32 Å². The first-order valence-corrected chi connectivity index (χ1v) is 11.3. The topological polar surface area (TPSA) is 59.8 Å². The summed E-state index contributed by atoms with van der Waals surface area (Å²) in [6.07, 6.45) is 4.69. The van der Waals surface area contributed by atoms with Crippen molar-refractivity contribution in [3.63, 3.8) is 0 Å². The molecular weight excluding hydrogens is 380 g/mol. The van der Waals surface area contributed by atoms with Gasteiger partial charge in [0.05, 0.1) is 17.5 Å². The van der Waals surface area contributed by atoms with Gasteiger partial charge in [0.15, 0.2) is 0 Å². The van der Waals surface area contributed by atoms with E-state index >= 15 is 0 Å². The monoisotopic (exact) mass is 404 g/mol. The molecule has 5 rings (SSSR count). The normalized spacial score (nSPS) is 17.1. The molecule has 2 aliphatic carbocycles. The number of carbonyl (C=O) groups is 1. The highest BCUT2D eigenvalue weighted by molar-refractivity contribution is 7.99. The quantitative estimate of drug-likeness (QED) is 0.562. The predicted molar refractivity (Wildman–Crippen MR) is 114 cm³/mol. The molecule has 1 aromatic heterocycles. The maximum Gasteiger partial charge on any atom is 0.230 e. The number of hydrogen-bond donors (Lipinski definition) is 1. The Morgan fingerprint density at radius 1 is 1.03 bits per heavy atom. The first-order chi connectivity index (χ1) is 14.3. The number of nitrogens with one attached hydrogen (secondary N) is 1. The van der Waals surface area contributed by atoms with Crippen LogP contribution >= 0.6 is 11.8 Å². The summed E-state index contributed by atoms with van der Waals surface area (Å²) in [6, 6.07) is 20.5. The highest BCUT2D eigenvalue weighted by Gasteiger charge is 2.33. The summed E-state index contributed by atoms with van der Waals surface area (Å²) in [6.45, 7) is 0. The maximum absolute atomic E-state index is 12.6. The van der Waals surface area contributed by atoms with Crippen LogP contribution in [0.5, 0.6) is 0 Å². The number of benzene rings is 2. The molecule has 29 heavy (non-hydrogen) atoms. The third-order valence-electron chi connectivity index (χ3n) is 5.46. The Morgan fingerprint density at radius 2 is 1.72 bits per heavy atom. The van der Waals surface area contributed by atoms with Gasteiger partial charge in [0, 0.05) is 5.92 Å². The van der Waals surface area contributed by atoms with Crippen LogP contribution in [0.25, 0.3) is 5.69 Å². The molecule has 1 atom stereocenters. The van der Waals surface area contributed by atoms with Gasteiger partial charge in [-0.15, -0.1) is 5.10 Å². The Balaban J connectivity index is 1.26. The average molecular weight is 405 g/mol. The van der Waals surface area contributed by atoms with E-state index in [1.165, 1.54) is 30.2 Å². The van der Waals surface area contributed by atoms with Crippen molar-refractivity contribution < 1.29 is 4.79 Å². The minimum atomic E-state index is 0.0415. The van der Waals surface area contributed by atoms with Crippen LogP contribution in [0.1, 0.15) is 49.0 Å². The van der Waals surface area contributed by atoms with E-state index in [1.54, 1.807) is 0 Å². The number of hydrogen-bond acceptors (Lipinski definition) is 4. The Morgan fingerprint density at radius 3 is 2.38 bits per heavy atom. The van der Waals surface area contributed by atoms with Crippen molar-refractivity contribution in [1.29, 1.82) is 0 Å². The second kappa shape index (κ2) is 8.03. The zero-order valence-corrected chi connectivity index (χ0v) is 17.0. The number of aromatic nitrogens is 3. The van der Waals surface area contributed by atoms with E-state index in [0.29, 0.717) is 22.7 Å². The molecule has 0 radical (unpaired) electrons.